The minimum absolute atomic E-state index is 0.203. The number of hydrogen-bond donors (Lipinski definition) is 2. The zero-order chi connectivity index (χ0) is 18.4. The number of hydrogen-bond acceptors (Lipinski definition) is 4. The lowest BCUT2D eigenvalue weighted by Crippen LogP contribution is -2.42. The number of carboxylic acid groups (broad SMARTS) is 1. The van der Waals surface area contributed by atoms with Crippen LogP contribution in [0, 0.1) is 6.92 Å². The summed E-state index contributed by atoms with van der Waals surface area (Å²) in [5.74, 6) is -0.638. The van der Waals surface area contributed by atoms with Gasteiger partial charge in [0, 0.05) is 12.0 Å². The van der Waals surface area contributed by atoms with Crippen LogP contribution in [0.25, 0.3) is 0 Å². The summed E-state index contributed by atoms with van der Waals surface area (Å²) in [7, 11) is 2.99. The molecule has 25 heavy (non-hydrogen) atoms. The third-order valence-corrected chi connectivity index (χ3v) is 3.86. The van der Waals surface area contributed by atoms with Gasteiger partial charge in [-0.15, -0.1) is 0 Å². The molecule has 0 heterocycles. The molecule has 0 fully saturated rings. The molecule has 0 aliphatic rings. The first-order chi connectivity index (χ1) is 12.0. The molecule has 6 nitrogen and oxygen atoms in total. The van der Waals surface area contributed by atoms with Crippen LogP contribution in [0.15, 0.2) is 42.5 Å². The van der Waals surface area contributed by atoms with Crippen molar-refractivity contribution in [2.24, 2.45) is 0 Å². The second-order valence-corrected chi connectivity index (χ2v) is 5.58. The monoisotopic (exact) mass is 343 g/mol. The topological polar surface area (TPSA) is 84.9 Å². The van der Waals surface area contributed by atoms with Gasteiger partial charge >= 0.3 is 5.97 Å². The molecule has 2 aromatic rings. The highest BCUT2D eigenvalue weighted by atomic mass is 16.5. The highest BCUT2D eigenvalue weighted by Crippen LogP contribution is 2.30. The summed E-state index contributed by atoms with van der Waals surface area (Å²) in [5.41, 5.74) is 1.84. The van der Waals surface area contributed by atoms with E-state index in [0.29, 0.717) is 22.6 Å². The van der Waals surface area contributed by atoms with E-state index in [1.54, 1.807) is 19.1 Å². The maximum absolute atomic E-state index is 12.6. The van der Waals surface area contributed by atoms with E-state index in [1.165, 1.54) is 14.2 Å². The Bertz CT molecular complexity index is 758. The van der Waals surface area contributed by atoms with E-state index in [1.807, 2.05) is 30.3 Å². The van der Waals surface area contributed by atoms with Gasteiger partial charge in [0.15, 0.2) is 11.5 Å². The lowest BCUT2D eigenvalue weighted by atomic mass is 10.0. The van der Waals surface area contributed by atoms with Crippen LogP contribution < -0.4 is 14.8 Å². The Morgan fingerprint density at radius 3 is 2.24 bits per heavy atom. The van der Waals surface area contributed by atoms with Crippen LogP contribution >= 0.6 is 0 Å². The van der Waals surface area contributed by atoms with Crippen molar-refractivity contribution in [1.82, 2.24) is 5.32 Å². The van der Waals surface area contributed by atoms with Gasteiger partial charge in [0.1, 0.15) is 6.04 Å². The summed E-state index contributed by atoms with van der Waals surface area (Å²) >= 11 is 0. The number of rotatable bonds is 7. The predicted octanol–water partition coefficient (Wildman–Crippen LogP) is 2.44. The van der Waals surface area contributed by atoms with Crippen molar-refractivity contribution in [2.45, 2.75) is 19.4 Å². The van der Waals surface area contributed by atoms with Crippen LogP contribution in [0.2, 0.25) is 0 Å². The Morgan fingerprint density at radius 1 is 1.08 bits per heavy atom. The minimum Gasteiger partial charge on any atom is -0.493 e. The molecule has 0 radical (unpaired) electrons. The molecule has 132 valence electrons. The van der Waals surface area contributed by atoms with E-state index >= 15 is 0 Å². The van der Waals surface area contributed by atoms with Gasteiger partial charge in [-0.3, -0.25) is 4.79 Å². The highest BCUT2D eigenvalue weighted by molar-refractivity contribution is 5.98. The first-order valence-corrected chi connectivity index (χ1v) is 7.76. The summed E-state index contributed by atoms with van der Waals surface area (Å²) in [5, 5.41) is 12.0. The Labute approximate surface area is 146 Å². The summed E-state index contributed by atoms with van der Waals surface area (Å²) in [6.07, 6.45) is 0.203. The predicted molar refractivity (Wildman–Crippen MR) is 93.3 cm³/mol. The number of nitrogens with one attached hydrogen (secondary N) is 1. The summed E-state index contributed by atoms with van der Waals surface area (Å²) in [6.45, 7) is 1.75. The molecule has 0 spiro atoms. The molecule has 0 saturated carbocycles. The van der Waals surface area contributed by atoms with E-state index in [2.05, 4.69) is 5.32 Å². The van der Waals surface area contributed by atoms with E-state index in [-0.39, 0.29) is 6.42 Å². The average Bonchev–Trinajstić information content (AvgIpc) is 2.61. The quantitative estimate of drug-likeness (QED) is 0.806. The SMILES string of the molecule is COc1cc(C)c(C(=O)N[C@@H](Cc2ccccc2)C(=O)O)cc1OC. The Kier molecular flexibility index (Phi) is 6.00. The first kappa shape index (κ1) is 18.3. The number of carbonyl (C=O) groups is 2. The number of carbonyl (C=O) groups excluding carboxylic acids is 1. The van der Waals surface area contributed by atoms with Crippen molar-refractivity contribution in [3.8, 4) is 11.5 Å². The van der Waals surface area contributed by atoms with Gasteiger partial charge in [-0.25, -0.2) is 4.79 Å². The lowest BCUT2D eigenvalue weighted by Gasteiger charge is -2.17. The minimum atomic E-state index is -1.09. The zero-order valence-electron chi connectivity index (χ0n) is 14.4. The highest BCUT2D eigenvalue weighted by Gasteiger charge is 2.23. The number of benzene rings is 2. The van der Waals surface area contributed by atoms with E-state index < -0.39 is 17.9 Å². The van der Waals surface area contributed by atoms with Crippen molar-refractivity contribution >= 4 is 11.9 Å². The van der Waals surface area contributed by atoms with Crippen molar-refractivity contribution in [1.29, 1.82) is 0 Å². The third kappa shape index (κ3) is 4.50. The maximum Gasteiger partial charge on any atom is 0.326 e. The smallest absolute Gasteiger partial charge is 0.326 e. The first-order valence-electron chi connectivity index (χ1n) is 7.76. The normalized spacial score (nSPS) is 11.5. The molecule has 0 saturated heterocycles. The average molecular weight is 343 g/mol. The van der Waals surface area contributed by atoms with Crippen LogP contribution in [0.5, 0.6) is 11.5 Å². The number of carboxylic acids is 1. The molecule has 6 heteroatoms. The van der Waals surface area contributed by atoms with Crippen LogP contribution in [0.1, 0.15) is 21.5 Å². The van der Waals surface area contributed by atoms with Crippen molar-refractivity contribution in [3.05, 3.63) is 59.2 Å². The Hall–Kier alpha value is -3.02. The number of aliphatic carboxylic acids is 1. The fourth-order valence-corrected chi connectivity index (χ4v) is 2.51. The Balaban J connectivity index is 2.22. The number of amides is 1. The zero-order valence-corrected chi connectivity index (χ0v) is 14.4. The van der Waals surface area contributed by atoms with E-state index in [0.717, 1.165) is 5.56 Å². The molecule has 0 aromatic heterocycles. The van der Waals surface area contributed by atoms with Crippen LogP contribution in [-0.2, 0) is 11.2 Å². The van der Waals surface area contributed by atoms with Gasteiger partial charge < -0.3 is 19.9 Å². The van der Waals surface area contributed by atoms with E-state index in [9.17, 15) is 14.7 Å². The molecule has 2 N–H and O–H groups in total. The van der Waals surface area contributed by atoms with Crippen LogP contribution in [-0.4, -0.2) is 37.2 Å². The molecule has 0 bridgehead atoms. The largest absolute Gasteiger partial charge is 0.493 e. The van der Waals surface area contributed by atoms with Crippen LogP contribution in [0.4, 0.5) is 0 Å². The molecular formula is C19H21NO5. The van der Waals surface area contributed by atoms with Gasteiger partial charge in [0.2, 0.25) is 0 Å². The fourth-order valence-electron chi connectivity index (χ4n) is 2.51. The molecule has 2 rings (SSSR count). The molecule has 2 aromatic carbocycles. The van der Waals surface area contributed by atoms with Gasteiger partial charge in [-0.2, -0.15) is 0 Å². The van der Waals surface area contributed by atoms with Gasteiger partial charge in [0.05, 0.1) is 14.2 Å². The maximum atomic E-state index is 12.6. The summed E-state index contributed by atoms with van der Waals surface area (Å²) in [6, 6.07) is 11.4. The molecule has 1 amide bonds. The molecular weight excluding hydrogens is 322 g/mol. The third-order valence-electron chi connectivity index (χ3n) is 3.86. The number of ether oxygens (including phenoxy) is 2. The van der Waals surface area contributed by atoms with Gasteiger partial charge in [-0.05, 0) is 30.2 Å². The fraction of sp³-hybridized carbons (Fsp3) is 0.263. The van der Waals surface area contributed by atoms with Crippen molar-refractivity contribution < 1.29 is 24.2 Å². The second kappa shape index (κ2) is 8.19. The molecule has 0 aliphatic heterocycles. The second-order valence-electron chi connectivity index (χ2n) is 5.58. The summed E-state index contributed by atoms with van der Waals surface area (Å²) in [4.78, 5) is 24.1. The van der Waals surface area contributed by atoms with Gasteiger partial charge in [0.25, 0.3) is 5.91 Å². The Morgan fingerprint density at radius 2 is 1.68 bits per heavy atom. The van der Waals surface area contributed by atoms with Crippen LogP contribution in [0.3, 0.4) is 0 Å². The van der Waals surface area contributed by atoms with E-state index in [4.69, 9.17) is 9.47 Å². The molecule has 1 atom stereocenters. The van der Waals surface area contributed by atoms with Crippen molar-refractivity contribution in [3.63, 3.8) is 0 Å². The molecule has 0 aliphatic carbocycles. The standard InChI is InChI=1S/C19H21NO5/c1-12-9-16(24-2)17(25-3)11-14(12)18(21)20-15(19(22)23)10-13-7-5-4-6-8-13/h4-9,11,15H,10H2,1-3H3,(H,20,21)(H,22,23)/t15-/m0/s1. The van der Waals surface area contributed by atoms with Crippen molar-refractivity contribution in [2.75, 3.05) is 14.2 Å². The molecule has 0 unspecified atom stereocenters. The summed E-state index contributed by atoms with van der Waals surface area (Å²) < 4.78 is 10.4. The van der Waals surface area contributed by atoms with Gasteiger partial charge in [-0.1, -0.05) is 30.3 Å². The lowest BCUT2D eigenvalue weighted by molar-refractivity contribution is -0.139. The number of methoxy groups -OCH3 is 2. The number of aryl methyl sites for hydroxylation is 1.